The molecule has 1 unspecified atom stereocenters. The average molecular weight is 344 g/mol. The molecule has 5 nitrogen and oxygen atoms in total. The molecule has 1 atom stereocenters. The third kappa shape index (κ3) is 10.9. The molecular formula is C19H36O5. The van der Waals surface area contributed by atoms with E-state index in [1.165, 1.54) is 44.9 Å². The number of aliphatic hydroxyl groups is 1. The van der Waals surface area contributed by atoms with Gasteiger partial charge in [0.05, 0.1) is 6.10 Å². The first-order chi connectivity index (χ1) is 11.4. The van der Waals surface area contributed by atoms with Crippen molar-refractivity contribution in [3.8, 4) is 0 Å². The van der Waals surface area contributed by atoms with E-state index in [1.54, 1.807) is 20.8 Å². The Balaban J connectivity index is 2.35. The zero-order valence-corrected chi connectivity index (χ0v) is 15.7. The van der Waals surface area contributed by atoms with Gasteiger partial charge in [-0.05, 0) is 46.5 Å². The fourth-order valence-corrected chi connectivity index (χ4v) is 3.29. The largest absolute Gasteiger partial charge is 0.540 e. The van der Waals surface area contributed by atoms with Crippen LogP contribution in [-0.2, 0) is 14.5 Å². The van der Waals surface area contributed by atoms with Gasteiger partial charge in [-0.3, -0.25) is 4.89 Å². The molecule has 0 saturated heterocycles. The predicted octanol–water partition coefficient (Wildman–Crippen LogP) is 5.29. The minimum atomic E-state index is -0.772. The van der Waals surface area contributed by atoms with E-state index in [2.05, 4.69) is 0 Å². The van der Waals surface area contributed by atoms with Gasteiger partial charge < -0.3 is 9.84 Å². The molecule has 1 saturated carbocycles. The lowest BCUT2D eigenvalue weighted by molar-refractivity contribution is -0.323. The van der Waals surface area contributed by atoms with Gasteiger partial charge in [-0.2, -0.15) is 4.89 Å². The van der Waals surface area contributed by atoms with Crippen LogP contribution in [0.25, 0.3) is 0 Å². The molecule has 1 fully saturated rings. The van der Waals surface area contributed by atoms with Crippen LogP contribution in [0.1, 0.15) is 97.8 Å². The van der Waals surface area contributed by atoms with Gasteiger partial charge in [0.15, 0.2) is 0 Å². The molecule has 142 valence electrons. The highest BCUT2D eigenvalue weighted by atomic mass is 17.2. The van der Waals surface area contributed by atoms with Crippen LogP contribution >= 0.6 is 0 Å². The lowest BCUT2D eigenvalue weighted by Gasteiger charge is -2.24. The smallest absolute Gasteiger partial charge is 0.429 e. The Morgan fingerprint density at radius 3 is 1.92 bits per heavy atom. The molecule has 0 heterocycles. The van der Waals surface area contributed by atoms with Gasteiger partial charge in [-0.1, -0.05) is 44.9 Å². The maximum atomic E-state index is 11.9. The number of aliphatic hydroxyl groups excluding tert-OH is 1. The third-order valence-electron chi connectivity index (χ3n) is 4.44. The second-order valence-corrected chi connectivity index (χ2v) is 7.73. The number of hydrogen-bond acceptors (Lipinski definition) is 5. The first-order valence-electron chi connectivity index (χ1n) is 9.63. The van der Waals surface area contributed by atoms with Crippen LogP contribution in [0, 0.1) is 0 Å². The van der Waals surface area contributed by atoms with Gasteiger partial charge in [-0.15, -0.1) is 0 Å². The second-order valence-electron chi connectivity index (χ2n) is 7.73. The van der Waals surface area contributed by atoms with E-state index >= 15 is 0 Å². The molecule has 1 aliphatic rings. The molecule has 1 aliphatic carbocycles. The summed E-state index contributed by atoms with van der Waals surface area (Å²) in [5, 5.41) is 9.41. The molecule has 24 heavy (non-hydrogen) atoms. The van der Waals surface area contributed by atoms with Crippen LogP contribution < -0.4 is 0 Å². The Kier molecular flexibility index (Phi) is 10.3. The van der Waals surface area contributed by atoms with Gasteiger partial charge in [0.25, 0.3) is 0 Å². The minimum absolute atomic E-state index is 0.0830. The first kappa shape index (κ1) is 21.2. The van der Waals surface area contributed by atoms with Gasteiger partial charge in [0.1, 0.15) is 11.7 Å². The van der Waals surface area contributed by atoms with Crippen molar-refractivity contribution in [3.63, 3.8) is 0 Å². The Hall–Kier alpha value is -0.810. The number of rotatable bonds is 5. The number of carbonyl (C=O) groups is 1. The highest BCUT2D eigenvalue weighted by Gasteiger charge is 2.26. The Morgan fingerprint density at radius 2 is 1.46 bits per heavy atom. The molecule has 0 aromatic carbocycles. The van der Waals surface area contributed by atoms with Crippen molar-refractivity contribution in [2.75, 3.05) is 0 Å². The van der Waals surface area contributed by atoms with Gasteiger partial charge in [0, 0.05) is 6.42 Å². The SMILES string of the molecule is CC(O)CC(C)(C)OOC(=O)OC1CCCCCCCCCCC1. The van der Waals surface area contributed by atoms with E-state index in [9.17, 15) is 9.90 Å². The van der Waals surface area contributed by atoms with Crippen molar-refractivity contribution in [1.82, 2.24) is 0 Å². The average Bonchev–Trinajstić information content (AvgIpc) is 2.47. The Morgan fingerprint density at radius 1 is 1.00 bits per heavy atom. The zero-order valence-electron chi connectivity index (χ0n) is 15.7. The summed E-state index contributed by atoms with van der Waals surface area (Å²) in [5.41, 5.74) is -0.736. The molecule has 0 aromatic rings. The normalized spacial score (nSPS) is 20.5. The summed E-state index contributed by atoms with van der Waals surface area (Å²) >= 11 is 0. The topological polar surface area (TPSA) is 65.0 Å². The van der Waals surface area contributed by atoms with Crippen molar-refractivity contribution in [2.24, 2.45) is 0 Å². The summed E-state index contributed by atoms with van der Waals surface area (Å²) in [7, 11) is 0. The quantitative estimate of drug-likeness (QED) is 0.417. The minimum Gasteiger partial charge on any atom is -0.429 e. The summed E-state index contributed by atoms with van der Waals surface area (Å²) in [6, 6.07) is 0. The number of hydrogen-bond donors (Lipinski definition) is 1. The maximum Gasteiger partial charge on any atom is 0.540 e. The predicted molar refractivity (Wildman–Crippen MR) is 93.6 cm³/mol. The van der Waals surface area contributed by atoms with Crippen LogP contribution in [0.3, 0.4) is 0 Å². The maximum absolute atomic E-state index is 11.9. The number of ether oxygens (including phenoxy) is 1. The molecule has 1 N–H and O–H groups in total. The van der Waals surface area contributed by atoms with Crippen LogP contribution in [0.5, 0.6) is 0 Å². The summed E-state index contributed by atoms with van der Waals surface area (Å²) in [6.07, 6.45) is 11.9. The number of carbonyl (C=O) groups excluding carboxylic acids is 1. The summed E-state index contributed by atoms with van der Waals surface area (Å²) in [6.45, 7) is 5.21. The second kappa shape index (κ2) is 11.7. The Labute approximate surface area is 147 Å². The zero-order chi connectivity index (χ0) is 17.8. The van der Waals surface area contributed by atoms with Crippen LogP contribution in [-0.4, -0.2) is 29.1 Å². The molecule has 5 heteroatoms. The van der Waals surface area contributed by atoms with E-state index in [1.807, 2.05) is 0 Å². The highest BCUT2D eigenvalue weighted by Crippen LogP contribution is 2.21. The van der Waals surface area contributed by atoms with E-state index in [0.717, 1.165) is 25.7 Å². The van der Waals surface area contributed by atoms with Gasteiger partial charge >= 0.3 is 6.16 Å². The van der Waals surface area contributed by atoms with E-state index < -0.39 is 17.9 Å². The summed E-state index contributed by atoms with van der Waals surface area (Å²) < 4.78 is 5.45. The summed E-state index contributed by atoms with van der Waals surface area (Å²) in [4.78, 5) is 21.8. The van der Waals surface area contributed by atoms with Crippen molar-refractivity contribution in [1.29, 1.82) is 0 Å². The van der Waals surface area contributed by atoms with Crippen LogP contribution in [0.2, 0.25) is 0 Å². The molecule has 0 aromatic heterocycles. The molecule has 0 bridgehead atoms. The molecule has 0 aliphatic heterocycles. The van der Waals surface area contributed by atoms with Gasteiger partial charge in [0.2, 0.25) is 0 Å². The van der Waals surface area contributed by atoms with Crippen molar-refractivity contribution in [3.05, 3.63) is 0 Å². The molecular weight excluding hydrogens is 308 g/mol. The summed E-state index contributed by atoms with van der Waals surface area (Å²) in [5.74, 6) is 0. The lowest BCUT2D eigenvalue weighted by Crippen LogP contribution is -2.31. The van der Waals surface area contributed by atoms with Crippen molar-refractivity contribution >= 4 is 6.16 Å². The van der Waals surface area contributed by atoms with Crippen LogP contribution in [0.15, 0.2) is 0 Å². The van der Waals surface area contributed by atoms with E-state index in [4.69, 9.17) is 14.5 Å². The lowest BCUT2D eigenvalue weighted by atomic mass is 9.99. The Bertz CT molecular complexity index is 329. The van der Waals surface area contributed by atoms with Gasteiger partial charge in [-0.25, -0.2) is 4.79 Å². The fourth-order valence-electron chi connectivity index (χ4n) is 3.29. The first-order valence-corrected chi connectivity index (χ1v) is 9.63. The van der Waals surface area contributed by atoms with E-state index in [0.29, 0.717) is 6.42 Å². The van der Waals surface area contributed by atoms with Crippen LogP contribution in [0.4, 0.5) is 4.79 Å². The molecule has 0 amide bonds. The van der Waals surface area contributed by atoms with Crippen molar-refractivity contribution < 1.29 is 24.4 Å². The van der Waals surface area contributed by atoms with E-state index in [-0.39, 0.29) is 6.10 Å². The molecule has 0 spiro atoms. The molecule has 0 radical (unpaired) electrons. The fraction of sp³-hybridized carbons (Fsp3) is 0.947. The standard InChI is InChI=1S/C19H36O5/c1-16(20)15-19(2,3)24-23-18(21)22-17-13-11-9-7-5-4-6-8-10-12-14-17/h16-17,20H,4-15H2,1-3H3. The third-order valence-corrected chi connectivity index (χ3v) is 4.44. The highest BCUT2D eigenvalue weighted by molar-refractivity contribution is 5.59. The van der Waals surface area contributed by atoms with Crippen molar-refractivity contribution in [2.45, 2.75) is 116 Å². The molecule has 1 rings (SSSR count). The monoisotopic (exact) mass is 344 g/mol.